The van der Waals surface area contributed by atoms with Gasteiger partial charge < -0.3 is 10.6 Å². The van der Waals surface area contributed by atoms with Crippen LogP contribution in [0.3, 0.4) is 0 Å². The molecule has 1 heterocycles. The summed E-state index contributed by atoms with van der Waals surface area (Å²) < 4.78 is 0. The molecule has 0 saturated carbocycles. The lowest BCUT2D eigenvalue weighted by atomic mass is 10.1. The Labute approximate surface area is 181 Å². The number of carbonyl (C=O) groups excluding carboxylic acids is 2. The molecule has 0 saturated heterocycles. The molecule has 0 fully saturated rings. The van der Waals surface area contributed by atoms with Gasteiger partial charge in [-0.3, -0.25) is 9.59 Å². The predicted octanol–water partition coefficient (Wildman–Crippen LogP) is 6.78. The summed E-state index contributed by atoms with van der Waals surface area (Å²) >= 11 is 19.5. The topological polar surface area (TPSA) is 58.2 Å². The Hall–Kier alpha value is -2.05. The maximum Gasteiger partial charge on any atom is 0.267 e. The third kappa shape index (κ3) is 4.67. The van der Waals surface area contributed by atoms with Crippen molar-refractivity contribution in [2.24, 2.45) is 0 Å². The standard InChI is InChI=1S/C20H15Cl3N2O2S/c1-2-11-10-28-18(17(11)23)20(27)25-16-8-5-13(22)9-15(16)19(26)24-14-6-3-12(21)4-7-14/h3-10H,2H2,1H3,(H,24,26)(H,25,27). The van der Waals surface area contributed by atoms with E-state index in [-0.39, 0.29) is 11.5 Å². The fourth-order valence-electron chi connectivity index (χ4n) is 2.50. The van der Waals surface area contributed by atoms with E-state index in [1.807, 2.05) is 12.3 Å². The Balaban J connectivity index is 1.85. The lowest BCUT2D eigenvalue weighted by Gasteiger charge is -2.12. The van der Waals surface area contributed by atoms with Gasteiger partial charge in [-0.2, -0.15) is 0 Å². The normalized spacial score (nSPS) is 10.6. The first-order valence-corrected chi connectivity index (χ1v) is 10.3. The first-order valence-electron chi connectivity index (χ1n) is 8.32. The Morgan fingerprint density at radius 1 is 0.929 bits per heavy atom. The van der Waals surface area contributed by atoms with Crippen LogP contribution in [0, 0.1) is 0 Å². The Morgan fingerprint density at radius 3 is 2.25 bits per heavy atom. The van der Waals surface area contributed by atoms with Gasteiger partial charge in [-0.05, 0) is 59.8 Å². The predicted molar refractivity (Wildman–Crippen MR) is 118 cm³/mol. The summed E-state index contributed by atoms with van der Waals surface area (Å²) in [6.07, 6.45) is 0.734. The van der Waals surface area contributed by atoms with Crippen molar-refractivity contribution in [1.82, 2.24) is 0 Å². The zero-order valence-corrected chi connectivity index (χ0v) is 17.8. The molecular formula is C20H15Cl3N2O2S. The van der Waals surface area contributed by atoms with Gasteiger partial charge in [0.25, 0.3) is 11.8 Å². The number of amides is 2. The van der Waals surface area contributed by atoms with E-state index in [4.69, 9.17) is 34.8 Å². The van der Waals surface area contributed by atoms with Crippen LogP contribution < -0.4 is 10.6 Å². The van der Waals surface area contributed by atoms with Crippen LogP contribution in [0.2, 0.25) is 15.1 Å². The van der Waals surface area contributed by atoms with Crippen LogP contribution in [0.4, 0.5) is 11.4 Å². The number of anilines is 2. The van der Waals surface area contributed by atoms with Crippen molar-refractivity contribution in [3.8, 4) is 0 Å². The van der Waals surface area contributed by atoms with Crippen molar-refractivity contribution >= 4 is 69.3 Å². The molecule has 8 heteroatoms. The minimum atomic E-state index is -0.411. The zero-order valence-electron chi connectivity index (χ0n) is 14.7. The molecule has 0 bridgehead atoms. The number of rotatable bonds is 5. The van der Waals surface area contributed by atoms with Gasteiger partial charge in [0.2, 0.25) is 0 Å². The summed E-state index contributed by atoms with van der Waals surface area (Å²) in [4.78, 5) is 25.8. The van der Waals surface area contributed by atoms with Gasteiger partial charge in [0, 0.05) is 15.7 Å². The summed E-state index contributed by atoms with van der Waals surface area (Å²) in [5, 5.41) is 8.74. The monoisotopic (exact) mass is 452 g/mol. The van der Waals surface area contributed by atoms with E-state index in [9.17, 15) is 9.59 Å². The molecule has 0 aliphatic carbocycles. The van der Waals surface area contributed by atoms with Crippen LogP contribution in [-0.4, -0.2) is 11.8 Å². The highest BCUT2D eigenvalue weighted by Crippen LogP contribution is 2.30. The highest BCUT2D eigenvalue weighted by atomic mass is 35.5. The molecule has 0 atom stereocenters. The molecule has 2 aromatic carbocycles. The molecule has 3 rings (SSSR count). The van der Waals surface area contributed by atoms with Gasteiger partial charge in [0.15, 0.2) is 0 Å². The lowest BCUT2D eigenvalue weighted by Crippen LogP contribution is -2.18. The number of benzene rings is 2. The van der Waals surface area contributed by atoms with Gasteiger partial charge in [-0.15, -0.1) is 11.3 Å². The smallest absolute Gasteiger partial charge is 0.267 e. The van der Waals surface area contributed by atoms with Crippen molar-refractivity contribution in [3.63, 3.8) is 0 Å². The van der Waals surface area contributed by atoms with E-state index in [2.05, 4.69) is 10.6 Å². The maximum atomic E-state index is 12.7. The van der Waals surface area contributed by atoms with Crippen molar-refractivity contribution in [3.05, 3.63) is 78.9 Å². The highest BCUT2D eigenvalue weighted by Gasteiger charge is 2.19. The van der Waals surface area contributed by atoms with Gasteiger partial charge >= 0.3 is 0 Å². The Bertz CT molecular complexity index is 1030. The van der Waals surface area contributed by atoms with Crippen molar-refractivity contribution in [2.75, 3.05) is 10.6 Å². The summed E-state index contributed by atoms with van der Waals surface area (Å²) in [6.45, 7) is 1.97. The molecular weight excluding hydrogens is 439 g/mol. The molecule has 4 nitrogen and oxygen atoms in total. The number of thiophene rings is 1. The summed E-state index contributed by atoms with van der Waals surface area (Å²) in [7, 11) is 0. The number of hydrogen-bond donors (Lipinski definition) is 2. The van der Waals surface area contributed by atoms with Gasteiger partial charge in [0.1, 0.15) is 4.88 Å². The molecule has 144 valence electrons. The molecule has 0 aliphatic rings. The first-order chi connectivity index (χ1) is 13.4. The fraction of sp³-hybridized carbons (Fsp3) is 0.100. The molecule has 28 heavy (non-hydrogen) atoms. The van der Waals surface area contributed by atoms with Crippen LogP contribution in [0.5, 0.6) is 0 Å². The average Bonchev–Trinajstić information content (AvgIpc) is 3.05. The van der Waals surface area contributed by atoms with Crippen molar-refractivity contribution in [2.45, 2.75) is 13.3 Å². The molecule has 3 aromatic rings. The van der Waals surface area contributed by atoms with Gasteiger partial charge in [-0.25, -0.2) is 0 Å². The number of nitrogens with one attached hydrogen (secondary N) is 2. The SMILES string of the molecule is CCc1csc(C(=O)Nc2ccc(Cl)cc2C(=O)Nc2ccc(Cl)cc2)c1Cl. The van der Waals surface area contributed by atoms with Crippen LogP contribution in [0.1, 0.15) is 32.5 Å². The van der Waals surface area contributed by atoms with Crippen LogP contribution in [-0.2, 0) is 6.42 Å². The summed E-state index contributed by atoms with van der Waals surface area (Å²) in [5.74, 6) is -0.788. The lowest BCUT2D eigenvalue weighted by molar-refractivity contribution is 0.102. The van der Waals surface area contributed by atoms with E-state index in [0.29, 0.717) is 31.3 Å². The minimum absolute atomic E-state index is 0.235. The van der Waals surface area contributed by atoms with E-state index >= 15 is 0 Å². The van der Waals surface area contributed by atoms with Crippen LogP contribution >= 0.6 is 46.1 Å². The molecule has 0 spiro atoms. The fourth-order valence-corrected chi connectivity index (χ4v) is 4.20. The number of halogens is 3. The molecule has 0 radical (unpaired) electrons. The molecule has 1 aromatic heterocycles. The van der Waals surface area contributed by atoms with Gasteiger partial charge in [0.05, 0.1) is 16.3 Å². The van der Waals surface area contributed by atoms with Crippen LogP contribution in [0.25, 0.3) is 0 Å². The quantitative estimate of drug-likeness (QED) is 0.447. The third-order valence-electron chi connectivity index (χ3n) is 3.96. The van der Waals surface area contributed by atoms with Crippen LogP contribution in [0.15, 0.2) is 47.8 Å². The highest BCUT2D eigenvalue weighted by molar-refractivity contribution is 7.13. The van der Waals surface area contributed by atoms with E-state index in [1.165, 1.54) is 17.4 Å². The van der Waals surface area contributed by atoms with Gasteiger partial charge in [-0.1, -0.05) is 41.7 Å². The second-order valence-corrected chi connectivity index (χ2v) is 7.99. The first kappa shape index (κ1) is 20.7. The number of hydrogen-bond acceptors (Lipinski definition) is 3. The Kier molecular flexibility index (Phi) is 6.62. The Morgan fingerprint density at radius 2 is 1.61 bits per heavy atom. The average molecular weight is 454 g/mol. The third-order valence-corrected chi connectivity index (χ3v) is 6.02. The summed E-state index contributed by atoms with van der Waals surface area (Å²) in [5.41, 5.74) is 2.05. The molecule has 2 amide bonds. The van der Waals surface area contributed by atoms with E-state index in [1.54, 1.807) is 36.4 Å². The second-order valence-electron chi connectivity index (χ2n) is 5.86. The number of aryl methyl sites for hydroxylation is 1. The number of carbonyl (C=O) groups is 2. The zero-order chi connectivity index (χ0) is 20.3. The second kappa shape index (κ2) is 8.97. The summed E-state index contributed by atoms with van der Waals surface area (Å²) in [6, 6.07) is 11.4. The van der Waals surface area contributed by atoms with E-state index < -0.39 is 5.91 Å². The van der Waals surface area contributed by atoms with Crippen molar-refractivity contribution < 1.29 is 9.59 Å². The van der Waals surface area contributed by atoms with Crippen molar-refractivity contribution in [1.29, 1.82) is 0 Å². The molecule has 0 aliphatic heterocycles. The maximum absolute atomic E-state index is 12.7. The van der Waals surface area contributed by atoms with E-state index in [0.717, 1.165) is 12.0 Å². The minimum Gasteiger partial charge on any atom is -0.322 e. The molecule has 2 N–H and O–H groups in total. The largest absolute Gasteiger partial charge is 0.322 e. The molecule has 0 unspecified atom stereocenters.